The van der Waals surface area contributed by atoms with E-state index in [9.17, 15) is 19.2 Å². The number of aryl methyl sites for hydroxylation is 1. The molecule has 8 nitrogen and oxygen atoms in total. The molecule has 1 aliphatic heterocycles. The minimum atomic E-state index is -0.657. The number of carbonyl (C=O) groups is 4. The fourth-order valence-corrected chi connectivity index (χ4v) is 4.16. The Morgan fingerprint density at radius 3 is 2.34 bits per heavy atom. The van der Waals surface area contributed by atoms with Gasteiger partial charge in [0.15, 0.2) is 0 Å². The molecule has 0 fully saturated rings. The van der Waals surface area contributed by atoms with Crippen LogP contribution in [-0.4, -0.2) is 30.3 Å². The van der Waals surface area contributed by atoms with Gasteiger partial charge < -0.3 is 15.4 Å². The van der Waals surface area contributed by atoms with E-state index in [-0.39, 0.29) is 35.2 Å². The number of hydrogen-bond donors (Lipinski definition) is 2. The van der Waals surface area contributed by atoms with Crippen LogP contribution < -0.4 is 15.5 Å². The van der Waals surface area contributed by atoms with Gasteiger partial charge >= 0.3 is 5.97 Å². The molecule has 0 saturated heterocycles. The van der Waals surface area contributed by atoms with E-state index >= 15 is 0 Å². The normalized spacial score (nSPS) is 13.1. The summed E-state index contributed by atoms with van der Waals surface area (Å²) in [6, 6.07) is 18.2. The number of ether oxygens (including phenoxy) is 1. The Morgan fingerprint density at radius 1 is 0.947 bits per heavy atom. The maximum Gasteiger partial charge on any atom is 0.340 e. The number of benzene rings is 3. The van der Waals surface area contributed by atoms with Gasteiger partial charge in [0.1, 0.15) is 10.7 Å². The van der Waals surface area contributed by atoms with E-state index in [1.807, 2.05) is 6.92 Å². The van der Waals surface area contributed by atoms with E-state index in [2.05, 4.69) is 10.6 Å². The van der Waals surface area contributed by atoms with E-state index in [1.165, 1.54) is 6.07 Å². The van der Waals surface area contributed by atoms with E-state index in [1.54, 1.807) is 67.6 Å². The summed E-state index contributed by atoms with van der Waals surface area (Å²) in [6.07, 6.45) is 0.0419. The van der Waals surface area contributed by atoms with Crippen molar-refractivity contribution in [1.82, 2.24) is 0 Å². The van der Waals surface area contributed by atoms with Gasteiger partial charge in [-0.05, 0) is 61.4 Å². The molecular formula is C28H23Cl2N3O5. The molecule has 0 radical (unpaired) electrons. The molecule has 3 aromatic carbocycles. The summed E-state index contributed by atoms with van der Waals surface area (Å²) in [7, 11) is 0. The number of anilines is 3. The van der Waals surface area contributed by atoms with Gasteiger partial charge in [-0.1, -0.05) is 53.5 Å². The van der Waals surface area contributed by atoms with Crippen LogP contribution in [0.5, 0.6) is 0 Å². The third kappa shape index (κ3) is 5.72. The summed E-state index contributed by atoms with van der Waals surface area (Å²) in [6.45, 7) is 3.74. The Kier molecular flexibility index (Phi) is 8.14. The fraction of sp³-hybridized carbons (Fsp3) is 0.143. The van der Waals surface area contributed by atoms with Gasteiger partial charge in [-0.2, -0.15) is 0 Å². The molecule has 3 amide bonds. The van der Waals surface area contributed by atoms with Crippen molar-refractivity contribution in [3.63, 3.8) is 0 Å². The van der Waals surface area contributed by atoms with Gasteiger partial charge in [0.2, 0.25) is 5.91 Å². The van der Waals surface area contributed by atoms with Crippen molar-refractivity contribution in [3.05, 3.63) is 99.2 Å². The van der Waals surface area contributed by atoms with Gasteiger partial charge in [-0.3, -0.25) is 14.4 Å². The van der Waals surface area contributed by atoms with E-state index in [0.717, 1.165) is 10.5 Å². The molecule has 1 aliphatic rings. The molecule has 0 saturated carbocycles. The van der Waals surface area contributed by atoms with Crippen LogP contribution in [0.15, 0.2) is 77.5 Å². The third-order valence-corrected chi connectivity index (χ3v) is 6.48. The molecule has 194 valence electrons. The monoisotopic (exact) mass is 551 g/mol. The lowest BCUT2D eigenvalue weighted by molar-refractivity contribution is -0.120. The summed E-state index contributed by atoms with van der Waals surface area (Å²) in [5, 5.41) is 5.82. The van der Waals surface area contributed by atoms with E-state index < -0.39 is 17.8 Å². The quantitative estimate of drug-likeness (QED) is 0.285. The number of amides is 3. The smallest absolute Gasteiger partial charge is 0.340 e. The number of esters is 1. The van der Waals surface area contributed by atoms with Crippen LogP contribution in [0.3, 0.4) is 0 Å². The number of nitrogens with one attached hydrogen (secondary N) is 2. The number of carbonyl (C=O) groups excluding carboxylic acids is 4. The van der Waals surface area contributed by atoms with Crippen molar-refractivity contribution in [3.8, 4) is 0 Å². The molecule has 0 atom stereocenters. The number of halogens is 2. The van der Waals surface area contributed by atoms with Crippen LogP contribution in [0.4, 0.5) is 17.1 Å². The van der Waals surface area contributed by atoms with Gasteiger partial charge in [-0.15, -0.1) is 0 Å². The SMILES string of the molecule is CCOC(=O)c1ccccc1NC(=O)Cc1ccc(NC2=C(Cl)C(=O)N(c3ccc(C)c(Cl)c3)C2=O)cc1. The van der Waals surface area contributed by atoms with Crippen LogP contribution in [0, 0.1) is 6.92 Å². The highest BCUT2D eigenvalue weighted by Crippen LogP contribution is 2.32. The highest BCUT2D eigenvalue weighted by molar-refractivity contribution is 6.53. The largest absolute Gasteiger partial charge is 0.462 e. The average Bonchev–Trinajstić information content (AvgIpc) is 3.10. The predicted octanol–water partition coefficient (Wildman–Crippen LogP) is 5.44. The van der Waals surface area contributed by atoms with Crippen molar-refractivity contribution in [2.75, 3.05) is 22.1 Å². The third-order valence-electron chi connectivity index (χ3n) is 5.73. The van der Waals surface area contributed by atoms with Crippen LogP contribution >= 0.6 is 23.2 Å². The molecule has 0 aliphatic carbocycles. The van der Waals surface area contributed by atoms with Crippen LogP contribution in [0.1, 0.15) is 28.4 Å². The Labute approximate surface area is 229 Å². The number of para-hydroxylation sites is 1. The van der Waals surface area contributed by atoms with Crippen molar-refractivity contribution >= 4 is 64.0 Å². The average molecular weight is 552 g/mol. The maximum absolute atomic E-state index is 13.0. The number of hydrogen-bond acceptors (Lipinski definition) is 6. The summed E-state index contributed by atoms with van der Waals surface area (Å²) < 4.78 is 5.04. The Balaban J connectivity index is 1.42. The molecule has 4 rings (SSSR count). The second-order valence-corrected chi connectivity index (χ2v) is 9.17. The van der Waals surface area contributed by atoms with Gasteiger partial charge in [0.25, 0.3) is 11.8 Å². The second kappa shape index (κ2) is 11.5. The molecule has 1 heterocycles. The molecule has 0 bridgehead atoms. The molecule has 3 aromatic rings. The predicted molar refractivity (Wildman–Crippen MR) is 146 cm³/mol. The van der Waals surface area contributed by atoms with Crippen molar-refractivity contribution < 1.29 is 23.9 Å². The maximum atomic E-state index is 13.0. The molecular weight excluding hydrogens is 529 g/mol. The molecule has 0 unspecified atom stereocenters. The van der Waals surface area contributed by atoms with Crippen LogP contribution in [-0.2, 0) is 25.5 Å². The molecule has 2 N–H and O–H groups in total. The first-order valence-electron chi connectivity index (χ1n) is 11.7. The van der Waals surface area contributed by atoms with E-state index in [0.29, 0.717) is 27.6 Å². The molecule has 38 heavy (non-hydrogen) atoms. The van der Waals surface area contributed by atoms with Crippen LogP contribution in [0.25, 0.3) is 0 Å². The zero-order valence-corrected chi connectivity index (χ0v) is 22.0. The standard InChI is InChI=1S/C28H23Cl2N3O5/c1-3-38-28(37)20-6-4-5-7-22(20)32-23(34)14-17-9-11-18(12-10-17)31-25-24(30)26(35)33(27(25)36)19-13-8-16(2)21(29)15-19/h4-13,15,31H,3,14H2,1-2H3,(H,32,34). The Bertz CT molecular complexity index is 1470. The highest BCUT2D eigenvalue weighted by Gasteiger charge is 2.39. The zero-order valence-electron chi connectivity index (χ0n) is 20.5. The van der Waals surface area contributed by atoms with Crippen molar-refractivity contribution in [1.29, 1.82) is 0 Å². The lowest BCUT2D eigenvalue weighted by Gasteiger charge is -2.16. The summed E-state index contributed by atoms with van der Waals surface area (Å²) in [4.78, 5) is 51.4. The van der Waals surface area contributed by atoms with Crippen molar-refractivity contribution in [2.45, 2.75) is 20.3 Å². The zero-order chi connectivity index (χ0) is 27.4. The first-order valence-corrected chi connectivity index (χ1v) is 12.4. The number of nitrogens with zero attached hydrogens (tertiary/aromatic N) is 1. The Morgan fingerprint density at radius 2 is 1.66 bits per heavy atom. The molecule has 0 aromatic heterocycles. The first kappa shape index (κ1) is 26.9. The van der Waals surface area contributed by atoms with Crippen molar-refractivity contribution in [2.24, 2.45) is 0 Å². The molecule has 10 heteroatoms. The summed E-state index contributed by atoms with van der Waals surface area (Å²) >= 11 is 12.4. The summed E-state index contributed by atoms with van der Waals surface area (Å²) in [5.74, 6) is -2.10. The second-order valence-electron chi connectivity index (χ2n) is 8.38. The van der Waals surface area contributed by atoms with E-state index in [4.69, 9.17) is 27.9 Å². The summed E-state index contributed by atoms with van der Waals surface area (Å²) in [5.41, 5.74) is 2.88. The first-order chi connectivity index (χ1) is 18.2. The van der Waals surface area contributed by atoms with Gasteiger partial charge in [0, 0.05) is 10.7 Å². The topological polar surface area (TPSA) is 105 Å². The Hall–Kier alpha value is -4.14. The number of imide groups is 1. The van der Waals surface area contributed by atoms with Gasteiger partial charge in [-0.25, -0.2) is 9.69 Å². The fourth-order valence-electron chi connectivity index (χ4n) is 3.78. The minimum Gasteiger partial charge on any atom is -0.462 e. The van der Waals surface area contributed by atoms with Gasteiger partial charge in [0.05, 0.1) is 30.0 Å². The highest BCUT2D eigenvalue weighted by atomic mass is 35.5. The lowest BCUT2D eigenvalue weighted by Crippen LogP contribution is -2.32. The molecule has 0 spiro atoms. The minimum absolute atomic E-state index is 0.0419. The van der Waals surface area contributed by atoms with Crippen LogP contribution in [0.2, 0.25) is 5.02 Å². The lowest BCUT2D eigenvalue weighted by atomic mass is 10.1. The number of rotatable bonds is 8.